The van der Waals surface area contributed by atoms with Gasteiger partial charge in [0.25, 0.3) is 0 Å². The van der Waals surface area contributed by atoms with Crippen molar-refractivity contribution in [2.75, 3.05) is 5.75 Å². The molecule has 12 heavy (non-hydrogen) atoms. The summed E-state index contributed by atoms with van der Waals surface area (Å²) < 4.78 is 46.1. The van der Waals surface area contributed by atoms with Gasteiger partial charge in [-0.1, -0.05) is 5.57 Å². The van der Waals surface area contributed by atoms with E-state index in [1.165, 1.54) is 6.92 Å². The number of hydrogen-bond acceptors (Lipinski definition) is 1. The monoisotopic (exact) mass is 200 g/mol. The molecular weight excluding hydrogens is 189 g/mol. The first kappa shape index (κ1) is 11.7. The topological polar surface area (TPSA) is 17.1 Å². The Morgan fingerprint density at radius 3 is 1.92 bits per heavy atom. The van der Waals surface area contributed by atoms with E-state index in [-0.39, 0.29) is 0 Å². The van der Waals surface area contributed by atoms with Gasteiger partial charge in [-0.15, -0.1) is 0 Å². The van der Waals surface area contributed by atoms with Gasteiger partial charge in [0.1, 0.15) is 5.75 Å². The Labute approximate surface area is 72.1 Å². The van der Waals surface area contributed by atoms with E-state index in [1.54, 1.807) is 13.8 Å². The number of halogens is 3. The fraction of sp³-hybridized carbons (Fsp3) is 0.714. The van der Waals surface area contributed by atoms with Crippen LogP contribution in [0.2, 0.25) is 0 Å². The zero-order valence-electron chi connectivity index (χ0n) is 7.16. The Kier molecular flexibility index (Phi) is 3.96. The lowest BCUT2D eigenvalue weighted by Crippen LogP contribution is -2.19. The SMILES string of the molecule is CC(C)=C(C)S(=O)CC(F)(F)F. The number of alkyl halides is 3. The first-order chi connectivity index (χ1) is 5.24. The van der Waals surface area contributed by atoms with Crippen LogP contribution in [0.3, 0.4) is 0 Å². The third-order valence-corrected chi connectivity index (χ3v) is 3.02. The summed E-state index contributed by atoms with van der Waals surface area (Å²) in [7, 11) is -1.91. The third-order valence-electron chi connectivity index (χ3n) is 1.34. The maximum Gasteiger partial charge on any atom is 0.400 e. The largest absolute Gasteiger partial charge is 0.400 e. The predicted molar refractivity (Wildman–Crippen MR) is 43.1 cm³/mol. The smallest absolute Gasteiger partial charge is 0.254 e. The summed E-state index contributed by atoms with van der Waals surface area (Å²) in [6.45, 7) is 4.74. The molecule has 0 bridgehead atoms. The minimum atomic E-state index is -4.35. The standard InChI is InChI=1S/C7H11F3OS/c1-5(2)6(3)12(11)4-7(8,9)10/h4H2,1-3H3. The molecule has 1 atom stereocenters. The van der Waals surface area contributed by atoms with Crippen LogP contribution in [0.15, 0.2) is 10.5 Å². The van der Waals surface area contributed by atoms with Crippen LogP contribution in [0.25, 0.3) is 0 Å². The molecule has 0 heterocycles. The van der Waals surface area contributed by atoms with Crippen molar-refractivity contribution in [3.63, 3.8) is 0 Å². The molecule has 1 unspecified atom stereocenters. The van der Waals surface area contributed by atoms with Crippen LogP contribution >= 0.6 is 0 Å². The molecule has 0 aliphatic carbocycles. The first-order valence-electron chi connectivity index (χ1n) is 3.33. The molecule has 0 aliphatic rings. The van der Waals surface area contributed by atoms with E-state index in [0.717, 1.165) is 0 Å². The Hall–Kier alpha value is -0.320. The highest BCUT2D eigenvalue weighted by molar-refractivity contribution is 7.89. The molecule has 0 spiro atoms. The van der Waals surface area contributed by atoms with Crippen LogP contribution in [0.1, 0.15) is 20.8 Å². The van der Waals surface area contributed by atoms with E-state index < -0.39 is 22.7 Å². The molecule has 0 radical (unpaired) electrons. The lowest BCUT2D eigenvalue weighted by molar-refractivity contribution is -0.105. The first-order valence-corrected chi connectivity index (χ1v) is 4.65. The van der Waals surface area contributed by atoms with E-state index in [2.05, 4.69) is 0 Å². The van der Waals surface area contributed by atoms with Gasteiger partial charge in [0.05, 0.1) is 10.8 Å². The number of hydrogen-bond donors (Lipinski definition) is 0. The average Bonchev–Trinajstić information content (AvgIpc) is 1.82. The Morgan fingerprint density at radius 1 is 1.25 bits per heavy atom. The van der Waals surface area contributed by atoms with Gasteiger partial charge in [-0.05, 0) is 20.8 Å². The Balaban J connectivity index is 4.36. The van der Waals surface area contributed by atoms with Crippen molar-refractivity contribution >= 4 is 10.8 Å². The summed E-state index contributed by atoms with van der Waals surface area (Å²) in [4.78, 5) is 0.312. The maximum absolute atomic E-state index is 11.7. The lowest BCUT2D eigenvalue weighted by atomic mass is 10.3. The fourth-order valence-corrected chi connectivity index (χ4v) is 1.45. The van der Waals surface area contributed by atoms with E-state index in [4.69, 9.17) is 0 Å². The van der Waals surface area contributed by atoms with Gasteiger partial charge in [-0.2, -0.15) is 13.2 Å². The second kappa shape index (κ2) is 4.07. The highest BCUT2D eigenvalue weighted by Gasteiger charge is 2.30. The van der Waals surface area contributed by atoms with E-state index in [0.29, 0.717) is 10.5 Å². The molecule has 0 saturated heterocycles. The molecule has 0 N–H and O–H groups in total. The molecular formula is C7H11F3OS. The molecule has 5 heteroatoms. The van der Waals surface area contributed by atoms with Gasteiger partial charge in [0, 0.05) is 4.91 Å². The highest BCUT2D eigenvalue weighted by atomic mass is 32.2. The minimum Gasteiger partial charge on any atom is -0.254 e. The molecule has 0 aliphatic heterocycles. The second-order valence-electron chi connectivity index (χ2n) is 2.66. The van der Waals surface area contributed by atoms with Gasteiger partial charge in [-0.3, -0.25) is 4.21 Å². The van der Waals surface area contributed by atoms with Crippen molar-refractivity contribution in [2.45, 2.75) is 26.9 Å². The summed E-state index contributed by atoms with van der Waals surface area (Å²) in [5, 5.41) is 0. The van der Waals surface area contributed by atoms with Crippen LogP contribution in [0.5, 0.6) is 0 Å². The van der Waals surface area contributed by atoms with Crippen LogP contribution in [-0.4, -0.2) is 16.1 Å². The van der Waals surface area contributed by atoms with E-state index in [1.807, 2.05) is 0 Å². The minimum absolute atomic E-state index is 0.312. The zero-order valence-corrected chi connectivity index (χ0v) is 7.97. The van der Waals surface area contributed by atoms with Gasteiger partial charge in [-0.25, -0.2) is 0 Å². The van der Waals surface area contributed by atoms with Crippen molar-refractivity contribution < 1.29 is 17.4 Å². The summed E-state index contributed by atoms with van der Waals surface area (Å²) in [5.41, 5.74) is 0.678. The van der Waals surface area contributed by atoms with Crippen molar-refractivity contribution in [3.8, 4) is 0 Å². The van der Waals surface area contributed by atoms with Crippen molar-refractivity contribution in [1.29, 1.82) is 0 Å². The van der Waals surface area contributed by atoms with Crippen LogP contribution in [0, 0.1) is 0 Å². The molecule has 0 aromatic rings. The summed E-state index contributed by atoms with van der Waals surface area (Å²) in [6, 6.07) is 0. The molecule has 1 nitrogen and oxygen atoms in total. The average molecular weight is 200 g/mol. The van der Waals surface area contributed by atoms with Crippen LogP contribution in [0.4, 0.5) is 13.2 Å². The third kappa shape index (κ3) is 4.54. The van der Waals surface area contributed by atoms with Gasteiger partial charge in [0.2, 0.25) is 0 Å². The van der Waals surface area contributed by atoms with Crippen molar-refractivity contribution in [3.05, 3.63) is 10.5 Å². The van der Waals surface area contributed by atoms with Gasteiger partial charge >= 0.3 is 6.18 Å². The molecule has 0 amide bonds. The van der Waals surface area contributed by atoms with Gasteiger partial charge in [0.15, 0.2) is 0 Å². The van der Waals surface area contributed by atoms with E-state index >= 15 is 0 Å². The molecule has 0 rings (SSSR count). The summed E-state index contributed by atoms with van der Waals surface area (Å²) in [5.74, 6) is -1.25. The number of allylic oxidation sites excluding steroid dienone is 2. The normalized spacial score (nSPS) is 14.2. The highest BCUT2D eigenvalue weighted by Crippen LogP contribution is 2.19. The quantitative estimate of drug-likeness (QED) is 0.669. The van der Waals surface area contributed by atoms with Crippen molar-refractivity contribution in [2.24, 2.45) is 0 Å². The van der Waals surface area contributed by atoms with E-state index in [9.17, 15) is 17.4 Å². The van der Waals surface area contributed by atoms with Crippen LogP contribution < -0.4 is 0 Å². The Morgan fingerprint density at radius 2 is 1.67 bits per heavy atom. The zero-order chi connectivity index (χ0) is 9.94. The molecule has 0 fully saturated rings. The molecule has 0 aromatic heterocycles. The molecule has 0 saturated carbocycles. The second-order valence-corrected chi connectivity index (χ2v) is 4.25. The summed E-state index contributed by atoms with van der Waals surface area (Å²) in [6.07, 6.45) is -4.35. The van der Waals surface area contributed by atoms with Gasteiger partial charge < -0.3 is 0 Å². The number of rotatable bonds is 2. The van der Waals surface area contributed by atoms with Crippen LogP contribution in [-0.2, 0) is 10.8 Å². The fourth-order valence-electron chi connectivity index (χ4n) is 0.485. The molecule has 72 valence electrons. The Bertz CT molecular complexity index is 213. The predicted octanol–water partition coefficient (Wildman–Crippen LogP) is 2.61. The molecule has 0 aromatic carbocycles. The lowest BCUT2D eigenvalue weighted by Gasteiger charge is -2.07. The van der Waals surface area contributed by atoms with Crippen molar-refractivity contribution in [1.82, 2.24) is 0 Å². The summed E-state index contributed by atoms with van der Waals surface area (Å²) >= 11 is 0. The maximum atomic E-state index is 11.7.